The van der Waals surface area contributed by atoms with Gasteiger partial charge in [0.05, 0.1) is 10.6 Å². The highest BCUT2D eigenvalue weighted by molar-refractivity contribution is 9.10. The van der Waals surface area contributed by atoms with Crippen LogP contribution < -0.4 is 5.73 Å². The van der Waals surface area contributed by atoms with Gasteiger partial charge in [-0.25, -0.2) is 8.42 Å². The summed E-state index contributed by atoms with van der Waals surface area (Å²) in [4.78, 5) is 14.3. The van der Waals surface area contributed by atoms with Gasteiger partial charge in [0, 0.05) is 29.5 Å². The molecule has 2 atom stereocenters. The zero-order valence-electron chi connectivity index (χ0n) is 12.5. The van der Waals surface area contributed by atoms with Crippen molar-refractivity contribution in [1.82, 2.24) is 4.90 Å². The SMILES string of the molecule is C[C@H](CS(=O)(=O)c1ccc(Br)cc1)C(=O)N1CCC[C@H](N)C1. The lowest BCUT2D eigenvalue weighted by atomic mass is 10.0. The number of nitrogens with two attached hydrogens (primary N) is 1. The fourth-order valence-corrected chi connectivity index (χ4v) is 4.47. The topological polar surface area (TPSA) is 80.5 Å². The maximum Gasteiger partial charge on any atom is 0.226 e. The molecule has 1 fully saturated rings. The summed E-state index contributed by atoms with van der Waals surface area (Å²) in [7, 11) is -3.47. The van der Waals surface area contributed by atoms with E-state index in [1.54, 1.807) is 36.1 Å². The van der Waals surface area contributed by atoms with Crippen LogP contribution in [0, 0.1) is 5.92 Å². The fourth-order valence-electron chi connectivity index (χ4n) is 2.66. The van der Waals surface area contributed by atoms with Crippen LogP contribution >= 0.6 is 15.9 Å². The van der Waals surface area contributed by atoms with Crippen LogP contribution in [0.1, 0.15) is 19.8 Å². The second kappa shape index (κ2) is 7.10. The van der Waals surface area contributed by atoms with Gasteiger partial charge in [-0.15, -0.1) is 0 Å². The van der Waals surface area contributed by atoms with E-state index in [1.165, 1.54) is 0 Å². The summed E-state index contributed by atoms with van der Waals surface area (Å²) in [6.07, 6.45) is 1.79. The first kappa shape index (κ1) is 17.4. The van der Waals surface area contributed by atoms with Gasteiger partial charge < -0.3 is 10.6 Å². The number of carbonyl (C=O) groups excluding carboxylic acids is 1. The third-order valence-corrected chi connectivity index (χ3v) is 6.29. The molecular weight excluding hydrogens is 368 g/mol. The molecule has 1 aliphatic heterocycles. The Morgan fingerprint density at radius 3 is 2.64 bits per heavy atom. The van der Waals surface area contributed by atoms with Crippen molar-refractivity contribution in [3.8, 4) is 0 Å². The minimum atomic E-state index is -3.47. The number of likely N-dealkylation sites (tertiary alicyclic amines) is 1. The van der Waals surface area contributed by atoms with Crippen LogP contribution in [0.3, 0.4) is 0 Å². The predicted molar refractivity (Wildman–Crippen MR) is 89.1 cm³/mol. The van der Waals surface area contributed by atoms with E-state index in [2.05, 4.69) is 15.9 Å². The summed E-state index contributed by atoms with van der Waals surface area (Å²) in [5, 5.41) is 0. The van der Waals surface area contributed by atoms with Crippen molar-refractivity contribution in [2.24, 2.45) is 11.7 Å². The van der Waals surface area contributed by atoms with Crippen molar-refractivity contribution in [3.63, 3.8) is 0 Å². The van der Waals surface area contributed by atoms with Gasteiger partial charge in [-0.05, 0) is 37.1 Å². The molecule has 1 heterocycles. The molecule has 0 aromatic heterocycles. The summed E-state index contributed by atoms with van der Waals surface area (Å²) in [6.45, 7) is 2.84. The van der Waals surface area contributed by atoms with Gasteiger partial charge in [0.2, 0.25) is 5.91 Å². The number of hydrogen-bond donors (Lipinski definition) is 1. The van der Waals surface area contributed by atoms with E-state index in [9.17, 15) is 13.2 Å². The molecule has 5 nitrogen and oxygen atoms in total. The molecule has 1 amide bonds. The summed E-state index contributed by atoms with van der Waals surface area (Å²) in [5.41, 5.74) is 5.88. The van der Waals surface area contributed by atoms with Gasteiger partial charge in [-0.3, -0.25) is 4.79 Å². The van der Waals surface area contributed by atoms with Crippen LogP contribution in [0.25, 0.3) is 0 Å². The summed E-state index contributed by atoms with van der Waals surface area (Å²) >= 11 is 3.28. The van der Waals surface area contributed by atoms with Crippen molar-refractivity contribution in [1.29, 1.82) is 0 Å². The second-order valence-electron chi connectivity index (χ2n) is 5.82. The highest BCUT2D eigenvalue weighted by Crippen LogP contribution is 2.19. The third-order valence-electron chi connectivity index (χ3n) is 3.83. The number of benzene rings is 1. The van der Waals surface area contributed by atoms with Crippen molar-refractivity contribution >= 4 is 31.7 Å². The molecule has 1 aromatic carbocycles. The monoisotopic (exact) mass is 388 g/mol. The average molecular weight is 389 g/mol. The van der Waals surface area contributed by atoms with E-state index in [0.29, 0.717) is 13.1 Å². The van der Waals surface area contributed by atoms with E-state index in [4.69, 9.17) is 5.73 Å². The Kier molecular flexibility index (Phi) is 5.63. The average Bonchev–Trinajstić information content (AvgIpc) is 2.46. The molecule has 0 spiro atoms. The van der Waals surface area contributed by atoms with Crippen LogP contribution in [-0.4, -0.2) is 44.1 Å². The lowest BCUT2D eigenvalue weighted by Gasteiger charge is -2.32. The smallest absolute Gasteiger partial charge is 0.226 e. The van der Waals surface area contributed by atoms with E-state index < -0.39 is 15.8 Å². The standard InChI is InChI=1S/C15H21BrN2O3S/c1-11(15(19)18-8-2-3-13(17)9-18)10-22(20,21)14-6-4-12(16)5-7-14/h4-7,11,13H,2-3,8-10,17H2,1H3/t11-,13+/m1/s1. The number of sulfone groups is 1. The summed E-state index contributed by atoms with van der Waals surface area (Å²) in [6, 6.07) is 6.46. The zero-order valence-corrected chi connectivity index (χ0v) is 14.9. The van der Waals surface area contributed by atoms with Crippen LogP contribution in [0.4, 0.5) is 0 Å². The van der Waals surface area contributed by atoms with Gasteiger partial charge in [0.15, 0.2) is 9.84 Å². The molecule has 1 aliphatic rings. The third kappa shape index (κ3) is 4.30. The van der Waals surface area contributed by atoms with Crippen LogP contribution in [0.15, 0.2) is 33.6 Å². The quantitative estimate of drug-likeness (QED) is 0.852. The number of rotatable bonds is 4. The molecule has 2 rings (SSSR count). The van der Waals surface area contributed by atoms with Gasteiger partial charge in [0.1, 0.15) is 0 Å². The number of amides is 1. The molecule has 22 heavy (non-hydrogen) atoms. The molecule has 0 saturated carbocycles. The van der Waals surface area contributed by atoms with Crippen molar-refractivity contribution in [2.45, 2.75) is 30.7 Å². The Bertz CT molecular complexity index is 631. The van der Waals surface area contributed by atoms with Crippen molar-refractivity contribution in [3.05, 3.63) is 28.7 Å². The van der Waals surface area contributed by atoms with Crippen LogP contribution in [-0.2, 0) is 14.6 Å². The fraction of sp³-hybridized carbons (Fsp3) is 0.533. The largest absolute Gasteiger partial charge is 0.341 e. The van der Waals surface area contributed by atoms with E-state index in [-0.39, 0.29) is 22.6 Å². The molecule has 1 saturated heterocycles. The number of halogens is 1. The molecule has 1 aromatic rings. The van der Waals surface area contributed by atoms with E-state index in [1.807, 2.05) is 0 Å². The van der Waals surface area contributed by atoms with E-state index in [0.717, 1.165) is 17.3 Å². The van der Waals surface area contributed by atoms with E-state index >= 15 is 0 Å². The Labute approximate surface area is 139 Å². The van der Waals surface area contributed by atoms with Crippen molar-refractivity contribution in [2.75, 3.05) is 18.8 Å². The Morgan fingerprint density at radius 1 is 1.41 bits per heavy atom. The maximum absolute atomic E-state index is 12.4. The Morgan fingerprint density at radius 2 is 2.05 bits per heavy atom. The Hall–Kier alpha value is -0.920. The van der Waals surface area contributed by atoms with Crippen molar-refractivity contribution < 1.29 is 13.2 Å². The summed E-state index contributed by atoms with van der Waals surface area (Å²) in [5.74, 6) is -0.881. The van der Waals surface area contributed by atoms with Gasteiger partial charge in [0.25, 0.3) is 0 Å². The number of hydrogen-bond acceptors (Lipinski definition) is 4. The van der Waals surface area contributed by atoms with Gasteiger partial charge in [-0.1, -0.05) is 22.9 Å². The Balaban J connectivity index is 2.05. The molecule has 0 radical (unpaired) electrons. The predicted octanol–water partition coefficient (Wildman–Crippen LogP) is 1.81. The first-order valence-corrected chi connectivity index (χ1v) is 9.77. The molecule has 122 valence electrons. The zero-order chi connectivity index (χ0) is 16.3. The second-order valence-corrected chi connectivity index (χ2v) is 8.77. The number of nitrogens with zero attached hydrogens (tertiary/aromatic N) is 1. The molecule has 7 heteroatoms. The number of carbonyl (C=O) groups is 1. The van der Waals surface area contributed by atoms with Crippen LogP contribution in [0.5, 0.6) is 0 Å². The highest BCUT2D eigenvalue weighted by atomic mass is 79.9. The molecule has 0 unspecified atom stereocenters. The first-order valence-electron chi connectivity index (χ1n) is 7.32. The summed E-state index contributed by atoms with van der Waals surface area (Å²) < 4.78 is 25.6. The van der Waals surface area contributed by atoms with Gasteiger partial charge in [-0.2, -0.15) is 0 Å². The lowest BCUT2D eigenvalue weighted by Crippen LogP contribution is -2.48. The van der Waals surface area contributed by atoms with Gasteiger partial charge >= 0.3 is 0 Å². The molecule has 0 aliphatic carbocycles. The molecule has 0 bridgehead atoms. The molecular formula is C15H21BrN2O3S. The van der Waals surface area contributed by atoms with Crippen LogP contribution in [0.2, 0.25) is 0 Å². The first-order chi connectivity index (χ1) is 10.3. The highest BCUT2D eigenvalue weighted by Gasteiger charge is 2.29. The minimum absolute atomic E-state index is 0.00650. The number of piperidine rings is 1. The normalized spacial score (nSPS) is 20.7. The molecule has 2 N–H and O–H groups in total. The maximum atomic E-state index is 12.4. The lowest BCUT2D eigenvalue weighted by molar-refractivity contribution is -0.135. The minimum Gasteiger partial charge on any atom is -0.341 e.